The van der Waals surface area contributed by atoms with Crippen LogP contribution in [0, 0.1) is 0 Å². The molecule has 0 spiro atoms. The molecule has 6 heteroatoms. The molecule has 2 aromatic heterocycles. The summed E-state index contributed by atoms with van der Waals surface area (Å²) in [6.07, 6.45) is 5.44. The van der Waals surface area contributed by atoms with E-state index in [4.69, 9.17) is 0 Å². The van der Waals surface area contributed by atoms with Crippen LogP contribution in [0.3, 0.4) is 0 Å². The predicted molar refractivity (Wildman–Crippen MR) is 88.5 cm³/mol. The molecule has 5 nitrogen and oxygen atoms in total. The number of amides is 1. The molecule has 1 amide bonds. The number of aryl methyl sites for hydroxylation is 1. The maximum Gasteiger partial charge on any atom is 0.263 e. The van der Waals surface area contributed by atoms with Gasteiger partial charge in [-0.15, -0.1) is 11.3 Å². The number of hydrogen-bond acceptors (Lipinski definition) is 5. The van der Waals surface area contributed by atoms with Crippen molar-refractivity contribution in [3.05, 3.63) is 40.3 Å². The lowest BCUT2D eigenvalue weighted by molar-refractivity contribution is 0.0772. The van der Waals surface area contributed by atoms with Crippen LogP contribution in [0.15, 0.2) is 30.6 Å². The monoisotopic (exact) mass is 316 g/mol. The van der Waals surface area contributed by atoms with Crippen molar-refractivity contribution >= 4 is 23.2 Å². The summed E-state index contributed by atoms with van der Waals surface area (Å²) in [6.45, 7) is 5.29. The third-order valence-corrected chi connectivity index (χ3v) is 5.06. The molecule has 0 aliphatic carbocycles. The normalized spacial score (nSPS) is 15.7. The van der Waals surface area contributed by atoms with Gasteiger partial charge in [0.2, 0.25) is 5.95 Å². The van der Waals surface area contributed by atoms with E-state index in [9.17, 15) is 4.79 Å². The SMILES string of the molecule is CCc1ccc(C(=O)N2CCCN(c3ncccn3)CC2)s1. The minimum atomic E-state index is 0.153. The van der Waals surface area contributed by atoms with Crippen molar-refractivity contribution in [3.8, 4) is 0 Å². The maximum atomic E-state index is 12.6. The van der Waals surface area contributed by atoms with Gasteiger partial charge in [-0.1, -0.05) is 6.92 Å². The van der Waals surface area contributed by atoms with Gasteiger partial charge < -0.3 is 9.80 Å². The van der Waals surface area contributed by atoms with Crippen molar-refractivity contribution in [2.45, 2.75) is 19.8 Å². The van der Waals surface area contributed by atoms with Crippen LogP contribution in [0.2, 0.25) is 0 Å². The molecular formula is C16H20N4OS. The van der Waals surface area contributed by atoms with Crippen molar-refractivity contribution in [2.24, 2.45) is 0 Å². The molecule has 1 aliphatic rings. The van der Waals surface area contributed by atoms with Gasteiger partial charge in [-0.2, -0.15) is 0 Å². The highest BCUT2D eigenvalue weighted by atomic mass is 32.1. The average molecular weight is 316 g/mol. The number of rotatable bonds is 3. The van der Waals surface area contributed by atoms with Crippen molar-refractivity contribution < 1.29 is 4.79 Å². The van der Waals surface area contributed by atoms with Crippen LogP contribution < -0.4 is 4.90 Å². The number of nitrogens with zero attached hydrogens (tertiary/aromatic N) is 4. The lowest BCUT2D eigenvalue weighted by Crippen LogP contribution is -2.35. The quantitative estimate of drug-likeness (QED) is 0.873. The van der Waals surface area contributed by atoms with E-state index >= 15 is 0 Å². The Labute approximate surface area is 134 Å². The van der Waals surface area contributed by atoms with Crippen LogP contribution in [0.1, 0.15) is 27.9 Å². The lowest BCUT2D eigenvalue weighted by Gasteiger charge is -2.21. The first-order valence-electron chi connectivity index (χ1n) is 7.68. The molecule has 0 radical (unpaired) electrons. The van der Waals surface area contributed by atoms with Crippen LogP contribution >= 0.6 is 11.3 Å². The molecule has 0 aromatic carbocycles. The summed E-state index contributed by atoms with van der Waals surface area (Å²) in [5, 5.41) is 0. The third-order valence-electron chi connectivity index (χ3n) is 3.84. The summed E-state index contributed by atoms with van der Waals surface area (Å²) in [5.74, 6) is 0.904. The number of hydrogen-bond donors (Lipinski definition) is 0. The lowest BCUT2D eigenvalue weighted by atomic mass is 10.3. The number of carbonyl (C=O) groups is 1. The van der Waals surface area contributed by atoms with Crippen molar-refractivity contribution in [1.29, 1.82) is 0 Å². The molecule has 116 valence electrons. The van der Waals surface area contributed by atoms with Crippen LogP contribution in [-0.2, 0) is 6.42 Å². The van der Waals surface area contributed by atoms with Gasteiger partial charge in [0, 0.05) is 43.4 Å². The summed E-state index contributed by atoms with van der Waals surface area (Å²) in [5.41, 5.74) is 0. The summed E-state index contributed by atoms with van der Waals surface area (Å²) in [6, 6.07) is 5.83. The molecule has 1 saturated heterocycles. The smallest absolute Gasteiger partial charge is 0.263 e. The third kappa shape index (κ3) is 3.27. The van der Waals surface area contributed by atoms with Gasteiger partial charge in [-0.25, -0.2) is 9.97 Å². The number of anilines is 1. The zero-order chi connectivity index (χ0) is 15.4. The molecule has 3 rings (SSSR count). The summed E-state index contributed by atoms with van der Waals surface area (Å²) in [7, 11) is 0. The topological polar surface area (TPSA) is 49.3 Å². The molecule has 3 heterocycles. The number of carbonyl (C=O) groups excluding carboxylic acids is 1. The van der Waals surface area contributed by atoms with E-state index in [1.165, 1.54) is 4.88 Å². The fourth-order valence-corrected chi connectivity index (χ4v) is 3.53. The second-order valence-corrected chi connectivity index (χ2v) is 6.47. The molecule has 0 N–H and O–H groups in total. The Morgan fingerprint density at radius 3 is 2.73 bits per heavy atom. The van der Waals surface area contributed by atoms with Crippen LogP contribution in [0.4, 0.5) is 5.95 Å². The highest BCUT2D eigenvalue weighted by Crippen LogP contribution is 2.20. The van der Waals surface area contributed by atoms with Gasteiger partial charge in [-0.3, -0.25) is 4.79 Å². The molecule has 22 heavy (non-hydrogen) atoms. The van der Waals surface area contributed by atoms with Gasteiger partial charge in [-0.05, 0) is 31.0 Å². The van der Waals surface area contributed by atoms with Crippen LogP contribution in [0.5, 0.6) is 0 Å². The molecular weight excluding hydrogens is 296 g/mol. The molecule has 0 unspecified atom stereocenters. The number of aromatic nitrogens is 2. The predicted octanol–water partition coefficient (Wildman–Crippen LogP) is 2.45. The van der Waals surface area contributed by atoms with Crippen LogP contribution in [-0.4, -0.2) is 47.0 Å². The molecule has 1 fully saturated rings. The minimum absolute atomic E-state index is 0.153. The zero-order valence-corrected chi connectivity index (χ0v) is 13.6. The first-order chi connectivity index (χ1) is 10.8. The van der Waals surface area contributed by atoms with Gasteiger partial charge in [0.1, 0.15) is 0 Å². The van der Waals surface area contributed by atoms with Crippen molar-refractivity contribution in [1.82, 2.24) is 14.9 Å². The Morgan fingerprint density at radius 1 is 1.18 bits per heavy atom. The highest BCUT2D eigenvalue weighted by Gasteiger charge is 2.22. The van der Waals surface area contributed by atoms with Crippen molar-refractivity contribution in [2.75, 3.05) is 31.1 Å². The Morgan fingerprint density at radius 2 is 2.00 bits per heavy atom. The first kappa shape index (κ1) is 15.0. The molecule has 0 atom stereocenters. The standard InChI is InChI=1S/C16H20N4OS/c1-2-13-5-6-14(22-13)15(21)19-9-4-10-20(12-11-19)16-17-7-3-8-18-16/h3,5-8H,2,4,9-12H2,1H3. The van der Waals surface area contributed by atoms with E-state index in [2.05, 4.69) is 27.9 Å². The first-order valence-corrected chi connectivity index (χ1v) is 8.49. The maximum absolute atomic E-state index is 12.6. The van der Waals surface area contributed by atoms with Gasteiger partial charge >= 0.3 is 0 Å². The van der Waals surface area contributed by atoms with Crippen LogP contribution in [0.25, 0.3) is 0 Å². The van der Waals surface area contributed by atoms with E-state index in [1.807, 2.05) is 17.0 Å². The second-order valence-electron chi connectivity index (χ2n) is 5.30. The Kier molecular flexibility index (Phi) is 4.68. The Bertz CT molecular complexity index is 628. The zero-order valence-electron chi connectivity index (χ0n) is 12.7. The fourth-order valence-electron chi connectivity index (χ4n) is 2.61. The molecule has 2 aromatic rings. The van der Waals surface area contributed by atoms with Gasteiger partial charge in [0.05, 0.1) is 4.88 Å². The summed E-state index contributed by atoms with van der Waals surface area (Å²) in [4.78, 5) is 27.4. The highest BCUT2D eigenvalue weighted by molar-refractivity contribution is 7.14. The second kappa shape index (κ2) is 6.87. The minimum Gasteiger partial charge on any atom is -0.339 e. The van der Waals surface area contributed by atoms with E-state index in [0.29, 0.717) is 0 Å². The Hall–Kier alpha value is -1.95. The van der Waals surface area contributed by atoms with E-state index < -0.39 is 0 Å². The average Bonchev–Trinajstić information content (AvgIpc) is 2.92. The molecule has 1 aliphatic heterocycles. The largest absolute Gasteiger partial charge is 0.339 e. The Balaban J connectivity index is 1.66. The summed E-state index contributed by atoms with van der Waals surface area (Å²) < 4.78 is 0. The van der Waals surface area contributed by atoms with Gasteiger partial charge in [0.15, 0.2) is 0 Å². The van der Waals surface area contributed by atoms with Gasteiger partial charge in [0.25, 0.3) is 5.91 Å². The van der Waals surface area contributed by atoms with E-state index in [0.717, 1.165) is 49.8 Å². The number of thiophene rings is 1. The fraction of sp³-hybridized carbons (Fsp3) is 0.438. The summed E-state index contributed by atoms with van der Waals surface area (Å²) >= 11 is 1.61. The molecule has 0 bridgehead atoms. The molecule has 0 saturated carbocycles. The van der Waals surface area contributed by atoms with E-state index in [1.54, 1.807) is 23.7 Å². The van der Waals surface area contributed by atoms with Crippen molar-refractivity contribution in [3.63, 3.8) is 0 Å². The van der Waals surface area contributed by atoms with E-state index in [-0.39, 0.29) is 5.91 Å².